The minimum Gasteiger partial charge on any atom is -0.337 e. The second-order valence-electron chi connectivity index (χ2n) is 6.99. The second kappa shape index (κ2) is 8.38. The molecule has 1 heterocycles. The quantitative estimate of drug-likeness (QED) is 0.764. The van der Waals surface area contributed by atoms with Crippen LogP contribution in [0.4, 0.5) is 4.39 Å². The van der Waals surface area contributed by atoms with Gasteiger partial charge in [0, 0.05) is 50.9 Å². The third-order valence-corrected chi connectivity index (χ3v) is 6.79. The van der Waals surface area contributed by atoms with Crippen molar-refractivity contribution in [3.05, 3.63) is 65.5 Å². The number of hydrogen-bond donors (Lipinski definition) is 0. The van der Waals surface area contributed by atoms with Crippen LogP contribution in [0.5, 0.6) is 0 Å². The lowest BCUT2D eigenvalue weighted by molar-refractivity contribution is 0.0783. The molecule has 0 atom stereocenters. The molecule has 0 spiro atoms. The van der Waals surface area contributed by atoms with E-state index in [0.717, 1.165) is 0 Å². The fraction of sp³-hybridized carbons (Fsp3) is 0.350. The molecule has 1 amide bonds. The van der Waals surface area contributed by atoms with E-state index in [-0.39, 0.29) is 28.7 Å². The molecule has 1 aliphatic rings. The van der Waals surface area contributed by atoms with E-state index in [0.29, 0.717) is 31.7 Å². The van der Waals surface area contributed by atoms with Crippen LogP contribution in [0.1, 0.15) is 15.9 Å². The van der Waals surface area contributed by atoms with Gasteiger partial charge in [0.1, 0.15) is 5.82 Å². The molecule has 150 valence electrons. The van der Waals surface area contributed by atoms with E-state index in [1.807, 2.05) is 7.05 Å². The molecule has 28 heavy (non-hydrogen) atoms. The molecule has 0 aliphatic carbocycles. The first-order chi connectivity index (χ1) is 13.3. The van der Waals surface area contributed by atoms with Crippen molar-refractivity contribution in [3.8, 4) is 0 Å². The van der Waals surface area contributed by atoms with Gasteiger partial charge in [-0.2, -0.15) is 4.31 Å². The third kappa shape index (κ3) is 4.40. The number of carbonyl (C=O) groups is 1. The highest BCUT2D eigenvalue weighted by molar-refractivity contribution is 7.89. The monoisotopic (exact) mass is 405 g/mol. The summed E-state index contributed by atoms with van der Waals surface area (Å²) < 4.78 is 41.1. The molecule has 1 saturated heterocycles. The number of hydrogen-bond acceptors (Lipinski definition) is 4. The highest BCUT2D eigenvalue weighted by Crippen LogP contribution is 2.20. The van der Waals surface area contributed by atoms with Crippen molar-refractivity contribution in [2.75, 3.05) is 40.3 Å². The van der Waals surface area contributed by atoms with Crippen molar-refractivity contribution < 1.29 is 17.6 Å². The average molecular weight is 405 g/mol. The molecule has 0 unspecified atom stereocenters. The molecule has 2 aromatic carbocycles. The van der Waals surface area contributed by atoms with Gasteiger partial charge in [-0.15, -0.1) is 0 Å². The molecule has 0 aromatic heterocycles. The maximum Gasteiger partial charge on any atom is 0.253 e. The zero-order chi connectivity index (χ0) is 20.3. The highest BCUT2D eigenvalue weighted by Gasteiger charge is 2.28. The number of carbonyl (C=O) groups excluding carboxylic acids is 1. The molecule has 8 heteroatoms. The third-order valence-electron chi connectivity index (χ3n) is 4.89. The molecule has 6 nitrogen and oxygen atoms in total. The van der Waals surface area contributed by atoms with E-state index in [9.17, 15) is 17.6 Å². The first-order valence-corrected chi connectivity index (χ1v) is 10.5. The van der Waals surface area contributed by atoms with Crippen LogP contribution in [-0.2, 0) is 16.6 Å². The van der Waals surface area contributed by atoms with Gasteiger partial charge in [0.15, 0.2) is 0 Å². The predicted molar refractivity (Wildman–Crippen MR) is 105 cm³/mol. The van der Waals surface area contributed by atoms with Crippen molar-refractivity contribution in [1.82, 2.24) is 14.1 Å². The Hall–Kier alpha value is -2.29. The first-order valence-electron chi connectivity index (χ1n) is 9.06. The van der Waals surface area contributed by atoms with Crippen LogP contribution < -0.4 is 0 Å². The van der Waals surface area contributed by atoms with E-state index < -0.39 is 10.0 Å². The van der Waals surface area contributed by atoms with Gasteiger partial charge in [-0.25, -0.2) is 12.8 Å². The van der Waals surface area contributed by atoms with E-state index in [4.69, 9.17) is 0 Å². The number of likely N-dealkylation sites (N-methyl/N-ethyl adjacent to an activating group) is 1. The number of benzene rings is 2. The fourth-order valence-electron chi connectivity index (χ4n) is 3.14. The molecule has 0 bridgehead atoms. The van der Waals surface area contributed by atoms with Gasteiger partial charge < -0.3 is 9.80 Å². The van der Waals surface area contributed by atoms with E-state index in [1.165, 1.54) is 27.4 Å². The van der Waals surface area contributed by atoms with Crippen molar-refractivity contribution in [1.29, 1.82) is 0 Å². The Morgan fingerprint density at radius 2 is 1.75 bits per heavy atom. The summed E-state index contributed by atoms with van der Waals surface area (Å²) in [4.78, 5) is 16.3. The Labute approximate surface area is 165 Å². The number of halogens is 1. The summed E-state index contributed by atoms with van der Waals surface area (Å²) in [6, 6.07) is 12.3. The lowest BCUT2D eigenvalue weighted by atomic mass is 10.1. The lowest BCUT2D eigenvalue weighted by Gasteiger charge is -2.31. The Morgan fingerprint density at radius 1 is 1.07 bits per heavy atom. The summed E-state index contributed by atoms with van der Waals surface area (Å²) in [5.41, 5.74) is 0.661. The van der Waals surface area contributed by atoms with Crippen molar-refractivity contribution in [2.24, 2.45) is 0 Å². The molecular weight excluding hydrogens is 381 g/mol. The van der Waals surface area contributed by atoms with Gasteiger partial charge in [-0.3, -0.25) is 4.79 Å². The molecule has 3 rings (SSSR count). The van der Waals surface area contributed by atoms with Gasteiger partial charge in [0.05, 0.1) is 4.90 Å². The summed E-state index contributed by atoms with van der Waals surface area (Å²) in [6.45, 7) is 2.28. The maximum absolute atomic E-state index is 13.8. The Kier molecular flexibility index (Phi) is 6.12. The number of piperazine rings is 1. The molecule has 0 radical (unpaired) electrons. The van der Waals surface area contributed by atoms with Crippen LogP contribution in [-0.4, -0.2) is 68.7 Å². The molecule has 2 aromatic rings. The first kappa shape index (κ1) is 20.4. The average Bonchev–Trinajstić information content (AvgIpc) is 2.69. The second-order valence-corrected chi connectivity index (χ2v) is 8.93. The summed E-state index contributed by atoms with van der Waals surface area (Å²) in [6.07, 6.45) is 0. The van der Waals surface area contributed by atoms with Gasteiger partial charge in [0.2, 0.25) is 10.0 Å². The molecule has 0 saturated carbocycles. The Morgan fingerprint density at radius 3 is 2.43 bits per heavy atom. The minimum absolute atomic E-state index is 0.0982. The normalized spacial score (nSPS) is 16.1. The number of amides is 1. The SMILES string of the molecule is CN1CCN(S(=O)(=O)c2cccc(C(=O)N(C)Cc3ccccc3F)c2)CC1. The highest BCUT2D eigenvalue weighted by atomic mass is 32.2. The van der Waals surface area contributed by atoms with E-state index in [2.05, 4.69) is 4.90 Å². The topological polar surface area (TPSA) is 60.9 Å². The summed E-state index contributed by atoms with van der Waals surface area (Å²) in [5, 5.41) is 0. The van der Waals surface area contributed by atoms with E-state index >= 15 is 0 Å². The standard InChI is InChI=1S/C20H24FN3O3S/c1-22-10-12-24(13-11-22)28(26,27)18-8-5-7-16(14-18)20(25)23(2)15-17-6-3-4-9-19(17)21/h3-9,14H,10-13,15H2,1-2H3. The largest absolute Gasteiger partial charge is 0.337 e. The van der Waals surface area contributed by atoms with Crippen LogP contribution in [0, 0.1) is 5.82 Å². The fourth-order valence-corrected chi connectivity index (χ4v) is 4.61. The number of rotatable bonds is 5. The minimum atomic E-state index is -3.66. The van der Waals surface area contributed by atoms with Gasteiger partial charge in [-0.05, 0) is 31.3 Å². The van der Waals surface area contributed by atoms with Gasteiger partial charge in [0.25, 0.3) is 5.91 Å². The van der Waals surface area contributed by atoms with Crippen LogP contribution in [0.25, 0.3) is 0 Å². The summed E-state index contributed by atoms with van der Waals surface area (Å²) in [5.74, 6) is -0.743. The van der Waals surface area contributed by atoms with Crippen LogP contribution in [0.3, 0.4) is 0 Å². The van der Waals surface area contributed by atoms with Gasteiger partial charge in [-0.1, -0.05) is 24.3 Å². The summed E-state index contributed by atoms with van der Waals surface area (Å²) in [7, 11) is -0.138. The van der Waals surface area contributed by atoms with Crippen LogP contribution >= 0.6 is 0 Å². The van der Waals surface area contributed by atoms with Crippen molar-refractivity contribution >= 4 is 15.9 Å². The van der Waals surface area contributed by atoms with Crippen molar-refractivity contribution in [3.63, 3.8) is 0 Å². The number of sulfonamides is 1. The van der Waals surface area contributed by atoms with Crippen LogP contribution in [0.15, 0.2) is 53.4 Å². The Bertz CT molecular complexity index is 957. The zero-order valence-corrected chi connectivity index (χ0v) is 16.8. The molecule has 1 aliphatic heterocycles. The smallest absolute Gasteiger partial charge is 0.253 e. The maximum atomic E-state index is 13.8. The molecular formula is C20H24FN3O3S. The van der Waals surface area contributed by atoms with E-state index in [1.54, 1.807) is 37.4 Å². The lowest BCUT2D eigenvalue weighted by Crippen LogP contribution is -2.47. The molecule has 0 N–H and O–H groups in total. The van der Waals surface area contributed by atoms with Crippen molar-refractivity contribution in [2.45, 2.75) is 11.4 Å². The summed E-state index contributed by atoms with van der Waals surface area (Å²) >= 11 is 0. The Balaban J connectivity index is 1.78. The zero-order valence-electron chi connectivity index (χ0n) is 16.0. The molecule has 1 fully saturated rings. The van der Waals surface area contributed by atoms with Gasteiger partial charge >= 0.3 is 0 Å². The predicted octanol–water partition coefficient (Wildman–Crippen LogP) is 2.03. The van der Waals surface area contributed by atoms with Crippen LogP contribution in [0.2, 0.25) is 0 Å². The number of nitrogens with zero attached hydrogens (tertiary/aromatic N) is 3.